The first-order valence-corrected chi connectivity index (χ1v) is 5.79. The molecule has 1 aliphatic heterocycles. The van der Waals surface area contributed by atoms with E-state index < -0.39 is 0 Å². The van der Waals surface area contributed by atoms with Crippen molar-refractivity contribution in [3.05, 3.63) is 17.3 Å². The molecule has 5 nitrogen and oxygen atoms in total. The maximum Gasteiger partial charge on any atom is 0.182 e. The zero-order valence-electron chi connectivity index (χ0n) is 8.70. The van der Waals surface area contributed by atoms with Gasteiger partial charge in [-0.15, -0.1) is 0 Å². The number of halogens is 1. The van der Waals surface area contributed by atoms with Crippen LogP contribution in [0.2, 0.25) is 5.15 Å². The summed E-state index contributed by atoms with van der Waals surface area (Å²) < 4.78 is 0. The Morgan fingerprint density at radius 1 is 1.38 bits per heavy atom. The van der Waals surface area contributed by atoms with E-state index in [1.807, 2.05) is 0 Å². The summed E-state index contributed by atoms with van der Waals surface area (Å²) in [6.07, 6.45) is 3.77. The van der Waals surface area contributed by atoms with Gasteiger partial charge in [-0.2, -0.15) is 0 Å². The summed E-state index contributed by atoms with van der Waals surface area (Å²) in [7, 11) is 0. The first kappa shape index (κ1) is 9.99. The second-order valence-electron chi connectivity index (χ2n) is 4.03. The van der Waals surface area contributed by atoms with Crippen LogP contribution in [0.4, 0.5) is 0 Å². The number of aromatic nitrogens is 4. The van der Waals surface area contributed by atoms with Crippen LogP contribution in [0.1, 0.15) is 24.6 Å². The van der Waals surface area contributed by atoms with Crippen LogP contribution in [0.15, 0.2) is 6.33 Å². The summed E-state index contributed by atoms with van der Waals surface area (Å²) in [5, 5.41) is 3.80. The molecule has 84 valence electrons. The monoisotopic (exact) mass is 237 g/mol. The number of imidazole rings is 1. The first-order chi connectivity index (χ1) is 7.84. The molecule has 1 saturated heterocycles. The standard InChI is InChI=1S/C10H12ClN5/c11-8-7-10(14-5-13-8)16-9(15-7)6-2-1-3-12-4-6/h5-6,12H,1-4H2,(H,13,14,15,16)/t6-/m0/s1. The quantitative estimate of drug-likeness (QED) is 0.738. The Labute approximate surface area is 97.7 Å². The van der Waals surface area contributed by atoms with E-state index in [2.05, 4.69) is 25.3 Å². The number of nitrogens with one attached hydrogen (secondary N) is 2. The van der Waals surface area contributed by atoms with Crippen molar-refractivity contribution in [2.24, 2.45) is 0 Å². The normalized spacial score (nSPS) is 21.4. The van der Waals surface area contributed by atoms with Gasteiger partial charge in [0.05, 0.1) is 0 Å². The number of nitrogens with zero attached hydrogens (tertiary/aromatic N) is 3. The lowest BCUT2D eigenvalue weighted by atomic mass is 9.99. The van der Waals surface area contributed by atoms with E-state index >= 15 is 0 Å². The third-order valence-corrected chi connectivity index (χ3v) is 3.23. The fourth-order valence-electron chi connectivity index (χ4n) is 2.10. The average molecular weight is 238 g/mol. The second-order valence-corrected chi connectivity index (χ2v) is 4.39. The van der Waals surface area contributed by atoms with Gasteiger partial charge in [0.25, 0.3) is 0 Å². The molecular weight excluding hydrogens is 226 g/mol. The molecule has 0 bridgehead atoms. The van der Waals surface area contributed by atoms with Crippen LogP contribution in [0, 0.1) is 0 Å². The lowest BCUT2D eigenvalue weighted by Crippen LogP contribution is -2.28. The lowest BCUT2D eigenvalue weighted by Gasteiger charge is -2.20. The number of fused-ring (bicyclic) bond motifs is 1. The molecule has 0 spiro atoms. The molecule has 2 aromatic rings. The highest BCUT2D eigenvalue weighted by atomic mass is 35.5. The van der Waals surface area contributed by atoms with E-state index in [1.54, 1.807) is 0 Å². The largest absolute Gasteiger partial charge is 0.338 e. The van der Waals surface area contributed by atoms with Crippen molar-refractivity contribution in [1.29, 1.82) is 0 Å². The van der Waals surface area contributed by atoms with Gasteiger partial charge in [0, 0.05) is 12.5 Å². The molecule has 3 rings (SSSR count). The Hall–Kier alpha value is -1.20. The third kappa shape index (κ3) is 1.66. The Morgan fingerprint density at radius 3 is 3.06 bits per heavy atom. The second kappa shape index (κ2) is 3.99. The molecule has 3 heterocycles. The number of piperidine rings is 1. The molecule has 0 aliphatic carbocycles. The van der Waals surface area contributed by atoms with Crippen molar-refractivity contribution in [2.75, 3.05) is 13.1 Å². The smallest absolute Gasteiger partial charge is 0.182 e. The molecule has 0 radical (unpaired) electrons. The fraction of sp³-hybridized carbons (Fsp3) is 0.500. The van der Waals surface area contributed by atoms with Crippen LogP contribution < -0.4 is 5.32 Å². The average Bonchev–Trinajstić information content (AvgIpc) is 2.76. The minimum atomic E-state index is 0.430. The Bertz CT molecular complexity index is 503. The van der Waals surface area contributed by atoms with E-state index in [1.165, 1.54) is 12.7 Å². The summed E-state index contributed by atoms with van der Waals surface area (Å²) in [6, 6.07) is 0. The van der Waals surface area contributed by atoms with Crippen molar-refractivity contribution in [3.63, 3.8) is 0 Å². The summed E-state index contributed by atoms with van der Waals surface area (Å²) in [5.41, 5.74) is 1.39. The molecule has 2 N–H and O–H groups in total. The Balaban J connectivity index is 2.01. The molecule has 0 saturated carbocycles. The lowest BCUT2D eigenvalue weighted by molar-refractivity contribution is 0.449. The van der Waals surface area contributed by atoms with E-state index in [0.29, 0.717) is 16.7 Å². The number of hydrogen-bond donors (Lipinski definition) is 2. The van der Waals surface area contributed by atoms with E-state index in [4.69, 9.17) is 11.6 Å². The highest BCUT2D eigenvalue weighted by molar-refractivity contribution is 6.33. The minimum absolute atomic E-state index is 0.430. The Morgan fingerprint density at radius 2 is 2.31 bits per heavy atom. The van der Waals surface area contributed by atoms with Crippen molar-refractivity contribution < 1.29 is 0 Å². The topological polar surface area (TPSA) is 66.5 Å². The highest BCUT2D eigenvalue weighted by Crippen LogP contribution is 2.24. The molecule has 0 amide bonds. The predicted octanol–water partition coefficient (Wildman–Crippen LogP) is 1.47. The van der Waals surface area contributed by atoms with Gasteiger partial charge in [-0.1, -0.05) is 11.6 Å². The molecule has 0 aromatic carbocycles. The van der Waals surface area contributed by atoms with Crippen LogP contribution in [0.3, 0.4) is 0 Å². The molecule has 6 heteroatoms. The van der Waals surface area contributed by atoms with Gasteiger partial charge >= 0.3 is 0 Å². The van der Waals surface area contributed by atoms with Crippen molar-refractivity contribution >= 4 is 22.8 Å². The number of H-pyrrole nitrogens is 1. The van der Waals surface area contributed by atoms with Crippen LogP contribution in [-0.4, -0.2) is 33.0 Å². The zero-order chi connectivity index (χ0) is 11.0. The number of hydrogen-bond acceptors (Lipinski definition) is 4. The van der Waals surface area contributed by atoms with Crippen LogP contribution in [-0.2, 0) is 0 Å². The summed E-state index contributed by atoms with van der Waals surface area (Å²) >= 11 is 5.97. The maximum atomic E-state index is 5.97. The predicted molar refractivity (Wildman–Crippen MR) is 61.5 cm³/mol. The maximum absolute atomic E-state index is 5.97. The van der Waals surface area contributed by atoms with Gasteiger partial charge in [0.1, 0.15) is 17.7 Å². The molecule has 1 fully saturated rings. The SMILES string of the molecule is Clc1ncnc2nc([C@H]3CCCNC3)[nH]c12. The van der Waals surface area contributed by atoms with Crippen LogP contribution in [0.25, 0.3) is 11.2 Å². The van der Waals surface area contributed by atoms with E-state index in [-0.39, 0.29) is 0 Å². The molecule has 1 atom stereocenters. The van der Waals surface area contributed by atoms with Crippen molar-refractivity contribution in [3.8, 4) is 0 Å². The Kier molecular flexibility index (Phi) is 2.49. The number of rotatable bonds is 1. The highest BCUT2D eigenvalue weighted by Gasteiger charge is 2.19. The zero-order valence-corrected chi connectivity index (χ0v) is 9.46. The van der Waals surface area contributed by atoms with Gasteiger partial charge in [-0.3, -0.25) is 0 Å². The molecule has 1 aliphatic rings. The van der Waals surface area contributed by atoms with Gasteiger partial charge in [-0.25, -0.2) is 15.0 Å². The number of aromatic amines is 1. The molecule has 16 heavy (non-hydrogen) atoms. The van der Waals surface area contributed by atoms with Gasteiger partial charge in [0.2, 0.25) is 0 Å². The van der Waals surface area contributed by atoms with Crippen LogP contribution >= 0.6 is 11.6 Å². The van der Waals surface area contributed by atoms with E-state index in [9.17, 15) is 0 Å². The third-order valence-electron chi connectivity index (χ3n) is 2.94. The minimum Gasteiger partial charge on any atom is -0.338 e. The van der Waals surface area contributed by atoms with E-state index in [0.717, 1.165) is 30.9 Å². The van der Waals surface area contributed by atoms with Crippen molar-refractivity contribution in [2.45, 2.75) is 18.8 Å². The molecule has 0 unspecified atom stereocenters. The van der Waals surface area contributed by atoms with Crippen LogP contribution in [0.5, 0.6) is 0 Å². The summed E-state index contributed by atoms with van der Waals surface area (Å²) in [5.74, 6) is 1.39. The van der Waals surface area contributed by atoms with Gasteiger partial charge < -0.3 is 10.3 Å². The molecule has 2 aromatic heterocycles. The van der Waals surface area contributed by atoms with Crippen molar-refractivity contribution in [1.82, 2.24) is 25.3 Å². The van der Waals surface area contributed by atoms with Gasteiger partial charge in [0.15, 0.2) is 10.8 Å². The first-order valence-electron chi connectivity index (χ1n) is 5.41. The molecular formula is C10H12ClN5. The summed E-state index contributed by atoms with van der Waals surface area (Å²) in [6.45, 7) is 2.06. The fourth-order valence-corrected chi connectivity index (χ4v) is 2.27. The summed E-state index contributed by atoms with van der Waals surface area (Å²) in [4.78, 5) is 15.7. The van der Waals surface area contributed by atoms with Gasteiger partial charge in [-0.05, 0) is 19.4 Å².